The van der Waals surface area contributed by atoms with Crippen LogP contribution in [-0.4, -0.2) is 26.3 Å². The first-order valence-corrected chi connectivity index (χ1v) is 6.52. The number of aryl methyl sites for hydroxylation is 1. The van der Waals surface area contributed by atoms with Crippen molar-refractivity contribution in [2.45, 2.75) is 26.3 Å². The van der Waals surface area contributed by atoms with E-state index in [0.29, 0.717) is 0 Å². The Morgan fingerprint density at radius 3 is 2.79 bits per heavy atom. The molecule has 1 unspecified atom stereocenters. The number of pyridine rings is 1. The molecule has 6 heteroatoms. The van der Waals surface area contributed by atoms with Crippen LogP contribution >= 0.6 is 0 Å². The van der Waals surface area contributed by atoms with Crippen molar-refractivity contribution in [2.75, 3.05) is 17.2 Å². The Hall–Kier alpha value is -2.11. The summed E-state index contributed by atoms with van der Waals surface area (Å²) in [5, 5.41) is 14.6. The highest BCUT2D eigenvalue weighted by atomic mass is 15.3. The van der Waals surface area contributed by atoms with Crippen LogP contribution in [0.1, 0.15) is 32.1 Å². The molecular weight excluding hydrogens is 240 g/mol. The number of hydrogen-bond acceptors (Lipinski definition) is 5. The highest BCUT2D eigenvalue weighted by Crippen LogP contribution is 2.16. The molecule has 0 aliphatic heterocycles. The Balaban J connectivity index is 2.04. The highest BCUT2D eigenvalue weighted by Gasteiger charge is 2.11. The van der Waals surface area contributed by atoms with E-state index in [-0.39, 0.29) is 6.04 Å². The van der Waals surface area contributed by atoms with Gasteiger partial charge in [-0.1, -0.05) is 13.0 Å². The standard InChI is InChI=1S/C13H20N6/c1-4-8-14-11-6-5-7-12(17-11)16-10(2)13-18-15-9-19(13)3/h5-7,9-10H,4,8H2,1-3H3,(H2,14,16,17). The zero-order valence-electron chi connectivity index (χ0n) is 11.6. The lowest BCUT2D eigenvalue weighted by molar-refractivity contribution is 0.716. The monoisotopic (exact) mass is 260 g/mol. The smallest absolute Gasteiger partial charge is 0.154 e. The molecule has 0 spiro atoms. The van der Waals surface area contributed by atoms with Crippen LogP contribution in [0, 0.1) is 0 Å². The fourth-order valence-electron chi connectivity index (χ4n) is 1.84. The number of nitrogens with one attached hydrogen (secondary N) is 2. The molecule has 2 aromatic rings. The van der Waals surface area contributed by atoms with E-state index in [1.54, 1.807) is 6.33 Å². The van der Waals surface area contributed by atoms with Gasteiger partial charge in [0.05, 0.1) is 6.04 Å². The van der Waals surface area contributed by atoms with E-state index in [1.807, 2.05) is 36.7 Å². The van der Waals surface area contributed by atoms with Crippen LogP contribution in [0.5, 0.6) is 0 Å². The van der Waals surface area contributed by atoms with Crippen molar-refractivity contribution >= 4 is 11.6 Å². The molecule has 2 heterocycles. The van der Waals surface area contributed by atoms with Crippen molar-refractivity contribution in [3.63, 3.8) is 0 Å². The molecule has 0 aliphatic carbocycles. The van der Waals surface area contributed by atoms with Crippen LogP contribution in [0.3, 0.4) is 0 Å². The summed E-state index contributed by atoms with van der Waals surface area (Å²) in [6.45, 7) is 5.10. The number of nitrogens with zero attached hydrogens (tertiary/aromatic N) is 4. The quantitative estimate of drug-likeness (QED) is 0.833. The zero-order valence-corrected chi connectivity index (χ0v) is 11.6. The minimum atomic E-state index is 0.0569. The Labute approximate surface area is 113 Å². The average molecular weight is 260 g/mol. The highest BCUT2D eigenvalue weighted by molar-refractivity contribution is 5.45. The lowest BCUT2D eigenvalue weighted by Crippen LogP contribution is -2.13. The van der Waals surface area contributed by atoms with Crippen LogP contribution in [0.4, 0.5) is 11.6 Å². The van der Waals surface area contributed by atoms with Gasteiger partial charge >= 0.3 is 0 Å². The van der Waals surface area contributed by atoms with E-state index < -0.39 is 0 Å². The van der Waals surface area contributed by atoms with Gasteiger partial charge in [-0.25, -0.2) is 4.98 Å². The van der Waals surface area contributed by atoms with Crippen LogP contribution in [0.15, 0.2) is 24.5 Å². The predicted molar refractivity (Wildman–Crippen MR) is 76.1 cm³/mol. The lowest BCUT2D eigenvalue weighted by Gasteiger charge is -2.14. The van der Waals surface area contributed by atoms with E-state index >= 15 is 0 Å². The van der Waals surface area contributed by atoms with Crippen molar-refractivity contribution in [3.8, 4) is 0 Å². The van der Waals surface area contributed by atoms with Gasteiger partial charge in [0.1, 0.15) is 18.0 Å². The molecule has 1 atom stereocenters. The fourth-order valence-corrected chi connectivity index (χ4v) is 1.84. The average Bonchev–Trinajstić information content (AvgIpc) is 2.83. The third-order valence-corrected chi connectivity index (χ3v) is 2.80. The Morgan fingerprint density at radius 1 is 1.32 bits per heavy atom. The summed E-state index contributed by atoms with van der Waals surface area (Å²) in [6, 6.07) is 5.95. The number of hydrogen-bond donors (Lipinski definition) is 2. The molecule has 19 heavy (non-hydrogen) atoms. The summed E-state index contributed by atoms with van der Waals surface area (Å²) in [5.74, 6) is 2.60. The molecular formula is C13H20N6. The van der Waals surface area contributed by atoms with Crippen LogP contribution in [0.25, 0.3) is 0 Å². The summed E-state index contributed by atoms with van der Waals surface area (Å²) in [6.07, 6.45) is 2.77. The van der Waals surface area contributed by atoms with Gasteiger partial charge in [0.15, 0.2) is 5.82 Å². The second kappa shape index (κ2) is 6.17. The summed E-state index contributed by atoms with van der Waals surface area (Å²) in [7, 11) is 1.93. The molecule has 0 aliphatic rings. The largest absolute Gasteiger partial charge is 0.370 e. The third-order valence-electron chi connectivity index (χ3n) is 2.80. The van der Waals surface area contributed by atoms with Gasteiger partial charge in [0, 0.05) is 13.6 Å². The molecule has 0 fully saturated rings. The predicted octanol–water partition coefficient (Wildman–Crippen LogP) is 2.21. The van der Waals surface area contributed by atoms with Gasteiger partial charge in [-0.15, -0.1) is 10.2 Å². The van der Waals surface area contributed by atoms with Gasteiger partial charge < -0.3 is 15.2 Å². The SMILES string of the molecule is CCCNc1cccc(NC(C)c2nncn2C)n1. The van der Waals surface area contributed by atoms with Crippen LogP contribution in [0.2, 0.25) is 0 Å². The Kier molecular flexibility index (Phi) is 4.33. The van der Waals surface area contributed by atoms with Gasteiger partial charge in [0.25, 0.3) is 0 Å². The van der Waals surface area contributed by atoms with Crippen molar-refractivity contribution in [1.82, 2.24) is 19.7 Å². The van der Waals surface area contributed by atoms with Crippen LogP contribution in [-0.2, 0) is 7.05 Å². The second-order valence-corrected chi connectivity index (χ2v) is 4.50. The van der Waals surface area contributed by atoms with E-state index in [2.05, 4.69) is 32.7 Å². The molecule has 6 nitrogen and oxygen atoms in total. The van der Waals surface area contributed by atoms with Gasteiger partial charge in [-0.2, -0.15) is 0 Å². The van der Waals surface area contributed by atoms with E-state index in [0.717, 1.165) is 30.4 Å². The first-order valence-electron chi connectivity index (χ1n) is 6.52. The van der Waals surface area contributed by atoms with Crippen molar-refractivity contribution in [3.05, 3.63) is 30.4 Å². The molecule has 2 aromatic heterocycles. The maximum absolute atomic E-state index is 4.51. The first kappa shape index (κ1) is 13.3. The van der Waals surface area contributed by atoms with Crippen molar-refractivity contribution in [1.29, 1.82) is 0 Å². The normalized spacial score (nSPS) is 12.2. The Morgan fingerprint density at radius 2 is 2.11 bits per heavy atom. The van der Waals surface area contributed by atoms with Gasteiger partial charge in [-0.05, 0) is 25.5 Å². The van der Waals surface area contributed by atoms with Gasteiger partial charge in [0.2, 0.25) is 0 Å². The summed E-state index contributed by atoms with van der Waals surface area (Å²) >= 11 is 0. The minimum Gasteiger partial charge on any atom is -0.370 e. The first-order chi connectivity index (χ1) is 9.20. The number of aromatic nitrogens is 4. The summed E-state index contributed by atoms with van der Waals surface area (Å²) in [5.41, 5.74) is 0. The molecule has 0 amide bonds. The molecule has 0 saturated carbocycles. The van der Waals surface area contributed by atoms with Crippen LogP contribution < -0.4 is 10.6 Å². The maximum atomic E-state index is 4.51. The number of rotatable bonds is 6. The molecule has 0 aromatic carbocycles. The van der Waals surface area contributed by atoms with E-state index in [9.17, 15) is 0 Å². The third kappa shape index (κ3) is 3.43. The van der Waals surface area contributed by atoms with Gasteiger partial charge in [-0.3, -0.25) is 0 Å². The number of anilines is 2. The molecule has 0 saturated heterocycles. The molecule has 0 radical (unpaired) electrons. The summed E-state index contributed by atoms with van der Waals surface area (Å²) < 4.78 is 1.90. The Bertz CT molecular complexity index is 521. The van der Waals surface area contributed by atoms with Crippen molar-refractivity contribution < 1.29 is 0 Å². The topological polar surface area (TPSA) is 67.7 Å². The molecule has 0 bridgehead atoms. The second-order valence-electron chi connectivity index (χ2n) is 4.50. The van der Waals surface area contributed by atoms with Crippen molar-refractivity contribution in [2.24, 2.45) is 7.05 Å². The van der Waals surface area contributed by atoms with E-state index in [4.69, 9.17) is 0 Å². The molecule has 2 rings (SSSR count). The zero-order chi connectivity index (χ0) is 13.7. The van der Waals surface area contributed by atoms with E-state index in [1.165, 1.54) is 0 Å². The minimum absolute atomic E-state index is 0.0569. The lowest BCUT2D eigenvalue weighted by atomic mass is 10.3. The fraction of sp³-hybridized carbons (Fsp3) is 0.462. The maximum Gasteiger partial charge on any atom is 0.154 e. The molecule has 2 N–H and O–H groups in total. The molecule has 102 valence electrons. The summed E-state index contributed by atoms with van der Waals surface area (Å²) in [4.78, 5) is 4.51.